The van der Waals surface area contributed by atoms with Gasteiger partial charge >= 0.3 is 0 Å². The highest BCUT2D eigenvalue weighted by Crippen LogP contribution is 2.32. The van der Waals surface area contributed by atoms with Gasteiger partial charge in [0.05, 0.1) is 25.2 Å². The molecule has 0 saturated carbocycles. The van der Waals surface area contributed by atoms with Gasteiger partial charge in [-0.3, -0.25) is 4.57 Å². The summed E-state index contributed by atoms with van der Waals surface area (Å²) in [6.45, 7) is -0.182. The van der Waals surface area contributed by atoms with Crippen LogP contribution in [0.5, 0.6) is 0 Å². The summed E-state index contributed by atoms with van der Waals surface area (Å²) in [4.78, 5) is 12.0. The predicted octanol–water partition coefficient (Wildman–Crippen LogP) is 0.444. The Morgan fingerprint density at radius 1 is 1.53 bits per heavy atom. The number of hydrogen-bond donors (Lipinski definition) is 1. The molecule has 1 unspecified atom stereocenters. The molecule has 1 aliphatic rings. The Hall–Kier alpha value is -1.60. The van der Waals surface area contributed by atoms with Crippen LogP contribution in [0.4, 0.5) is 4.39 Å². The highest BCUT2D eigenvalue weighted by atomic mass is 19.1. The lowest BCUT2D eigenvalue weighted by molar-refractivity contribution is -0.0351. The van der Waals surface area contributed by atoms with Crippen LogP contribution in [-0.4, -0.2) is 43.5 Å². The molecule has 0 spiro atoms. The maximum atomic E-state index is 13.8. The van der Waals surface area contributed by atoms with Crippen molar-refractivity contribution in [2.75, 3.05) is 6.61 Å². The number of hydrogen-bond acceptors (Lipinski definition) is 5. The SMILES string of the molecule is OC[C@@H]1C[C@H](F)C(n2cnc3cncnc32)O1. The quantitative estimate of drug-likeness (QED) is 0.822. The van der Waals surface area contributed by atoms with Gasteiger partial charge in [0.2, 0.25) is 0 Å². The third-order valence-corrected chi connectivity index (χ3v) is 2.85. The van der Waals surface area contributed by atoms with Crippen molar-refractivity contribution >= 4 is 11.2 Å². The predicted molar refractivity (Wildman–Crippen MR) is 55.8 cm³/mol. The van der Waals surface area contributed by atoms with E-state index in [4.69, 9.17) is 9.84 Å². The van der Waals surface area contributed by atoms with E-state index in [1.54, 1.807) is 6.20 Å². The van der Waals surface area contributed by atoms with E-state index < -0.39 is 18.5 Å². The van der Waals surface area contributed by atoms with Gasteiger partial charge in [-0.25, -0.2) is 19.3 Å². The number of aliphatic hydroxyl groups excluding tert-OH is 1. The first-order valence-electron chi connectivity index (χ1n) is 5.32. The van der Waals surface area contributed by atoms with Crippen LogP contribution in [0.1, 0.15) is 12.6 Å². The summed E-state index contributed by atoms with van der Waals surface area (Å²) >= 11 is 0. The van der Waals surface area contributed by atoms with E-state index in [0.717, 1.165) is 0 Å². The van der Waals surface area contributed by atoms with Gasteiger partial charge < -0.3 is 9.84 Å². The molecule has 1 aliphatic heterocycles. The van der Waals surface area contributed by atoms with Crippen molar-refractivity contribution in [2.24, 2.45) is 0 Å². The monoisotopic (exact) mass is 238 g/mol. The maximum absolute atomic E-state index is 13.8. The molecular weight excluding hydrogens is 227 g/mol. The van der Waals surface area contributed by atoms with Gasteiger partial charge in [-0.15, -0.1) is 0 Å². The van der Waals surface area contributed by atoms with Crippen molar-refractivity contribution in [1.29, 1.82) is 0 Å². The molecular formula is C10H11FN4O2. The zero-order valence-corrected chi connectivity index (χ0v) is 8.90. The van der Waals surface area contributed by atoms with Crippen LogP contribution in [0.3, 0.4) is 0 Å². The first-order valence-corrected chi connectivity index (χ1v) is 5.32. The average Bonchev–Trinajstić information content (AvgIpc) is 2.92. The lowest BCUT2D eigenvalue weighted by Crippen LogP contribution is -2.16. The van der Waals surface area contributed by atoms with Crippen LogP contribution in [0.15, 0.2) is 18.9 Å². The molecule has 3 rings (SSSR count). The standard InChI is InChI=1S/C10H11FN4O2/c11-7-1-6(3-16)17-10(7)15-5-14-8-2-12-4-13-9(8)15/h2,4-7,10,16H,1,3H2/t6-,7-,10?/m0/s1. The molecule has 90 valence electrons. The Morgan fingerprint density at radius 2 is 2.41 bits per heavy atom. The minimum atomic E-state index is -1.17. The average molecular weight is 238 g/mol. The zero-order chi connectivity index (χ0) is 11.8. The van der Waals surface area contributed by atoms with Crippen molar-refractivity contribution in [1.82, 2.24) is 19.5 Å². The Balaban J connectivity index is 1.99. The van der Waals surface area contributed by atoms with E-state index >= 15 is 0 Å². The Bertz CT molecular complexity index is 532. The van der Waals surface area contributed by atoms with Gasteiger partial charge in [0.25, 0.3) is 0 Å². The molecule has 1 N–H and O–H groups in total. The fourth-order valence-electron chi connectivity index (χ4n) is 2.03. The smallest absolute Gasteiger partial charge is 0.168 e. The second kappa shape index (κ2) is 4.01. The summed E-state index contributed by atoms with van der Waals surface area (Å²) in [5.41, 5.74) is 1.13. The molecule has 1 saturated heterocycles. The molecule has 2 aromatic heterocycles. The lowest BCUT2D eigenvalue weighted by atomic mass is 10.2. The molecule has 7 heteroatoms. The van der Waals surface area contributed by atoms with Crippen molar-refractivity contribution in [3.8, 4) is 0 Å². The van der Waals surface area contributed by atoms with Crippen LogP contribution in [0.2, 0.25) is 0 Å². The highest BCUT2D eigenvalue weighted by molar-refractivity contribution is 5.68. The molecule has 3 heterocycles. The second-order valence-electron chi connectivity index (χ2n) is 3.97. The Kier molecular flexibility index (Phi) is 2.49. The number of nitrogens with zero attached hydrogens (tertiary/aromatic N) is 4. The topological polar surface area (TPSA) is 73.1 Å². The lowest BCUT2D eigenvalue weighted by Gasteiger charge is -2.14. The Morgan fingerprint density at radius 3 is 3.18 bits per heavy atom. The molecule has 0 aromatic carbocycles. The molecule has 0 bridgehead atoms. The fraction of sp³-hybridized carbons (Fsp3) is 0.500. The van der Waals surface area contributed by atoms with Gasteiger partial charge in [-0.1, -0.05) is 0 Å². The third kappa shape index (κ3) is 1.67. The van der Waals surface area contributed by atoms with Crippen LogP contribution in [-0.2, 0) is 4.74 Å². The van der Waals surface area contributed by atoms with E-state index in [1.807, 2.05) is 0 Å². The van der Waals surface area contributed by atoms with E-state index in [1.165, 1.54) is 17.2 Å². The first-order chi connectivity index (χ1) is 8.29. The third-order valence-electron chi connectivity index (χ3n) is 2.85. The normalized spacial score (nSPS) is 28.9. The molecule has 0 aliphatic carbocycles. The second-order valence-corrected chi connectivity index (χ2v) is 3.97. The van der Waals surface area contributed by atoms with Crippen molar-refractivity contribution in [2.45, 2.75) is 24.9 Å². The van der Waals surface area contributed by atoms with E-state index in [-0.39, 0.29) is 13.0 Å². The first kappa shape index (κ1) is 10.5. The number of aromatic nitrogens is 4. The van der Waals surface area contributed by atoms with Crippen LogP contribution in [0.25, 0.3) is 11.2 Å². The largest absolute Gasteiger partial charge is 0.394 e. The van der Waals surface area contributed by atoms with Gasteiger partial charge in [0, 0.05) is 6.42 Å². The summed E-state index contributed by atoms with van der Waals surface area (Å²) in [5, 5.41) is 8.97. The molecule has 1 fully saturated rings. The Labute approximate surface area is 96.1 Å². The van der Waals surface area contributed by atoms with Crippen LogP contribution < -0.4 is 0 Å². The fourth-order valence-corrected chi connectivity index (χ4v) is 2.03. The highest BCUT2D eigenvalue weighted by Gasteiger charge is 2.37. The molecule has 0 radical (unpaired) electrons. The van der Waals surface area contributed by atoms with Crippen LogP contribution in [0, 0.1) is 0 Å². The van der Waals surface area contributed by atoms with Crippen molar-refractivity contribution in [3.05, 3.63) is 18.9 Å². The molecule has 17 heavy (non-hydrogen) atoms. The molecule has 0 amide bonds. The molecule has 3 atom stereocenters. The van der Waals surface area contributed by atoms with E-state index in [2.05, 4.69) is 15.0 Å². The van der Waals surface area contributed by atoms with Gasteiger partial charge in [-0.05, 0) is 0 Å². The number of aliphatic hydroxyl groups is 1. The van der Waals surface area contributed by atoms with Gasteiger partial charge in [0.15, 0.2) is 11.9 Å². The van der Waals surface area contributed by atoms with Crippen molar-refractivity contribution < 1.29 is 14.2 Å². The summed E-state index contributed by atoms with van der Waals surface area (Å²) in [7, 11) is 0. The summed E-state index contributed by atoms with van der Waals surface area (Å²) in [6.07, 6.45) is 2.21. The van der Waals surface area contributed by atoms with Crippen LogP contribution >= 0.6 is 0 Å². The number of rotatable bonds is 2. The number of alkyl halides is 1. The zero-order valence-electron chi connectivity index (χ0n) is 8.90. The summed E-state index contributed by atoms with van der Waals surface area (Å²) < 4.78 is 20.7. The van der Waals surface area contributed by atoms with Gasteiger partial charge in [-0.2, -0.15) is 0 Å². The van der Waals surface area contributed by atoms with E-state index in [0.29, 0.717) is 11.2 Å². The van der Waals surface area contributed by atoms with Gasteiger partial charge in [0.1, 0.15) is 18.0 Å². The summed E-state index contributed by atoms with van der Waals surface area (Å²) in [5.74, 6) is 0. The number of fused-ring (bicyclic) bond motifs is 1. The summed E-state index contributed by atoms with van der Waals surface area (Å²) in [6, 6.07) is 0. The number of imidazole rings is 1. The van der Waals surface area contributed by atoms with Crippen molar-refractivity contribution in [3.63, 3.8) is 0 Å². The minimum absolute atomic E-state index is 0.182. The maximum Gasteiger partial charge on any atom is 0.168 e. The molecule has 2 aromatic rings. The minimum Gasteiger partial charge on any atom is -0.394 e. The number of ether oxygens (including phenoxy) is 1. The number of halogens is 1. The van der Waals surface area contributed by atoms with E-state index in [9.17, 15) is 4.39 Å². The molecule has 6 nitrogen and oxygen atoms in total.